The summed E-state index contributed by atoms with van der Waals surface area (Å²) in [6.07, 6.45) is -4.91. The first kappa shape index (κ1) is 24.0. The number of rotatable bonds is 8. The van der Waals surface area contributed by atoms with Gasteiger partial charge in [0.05, 0.1) is 12.2 Å². The van der Waals surface area contributed by atoms with Gasteiger partial charge in [-0.15, -0.1) is 0 Å². The maximum atomic E-state index is 12.4. The summed E-state index contributed by atoms with van der Waals surface area (Å²) in [5, 5.41) is 29.3. The molecule has 14 heteroatoms. The Morgan fingerprint density at radius 3 is 2.59 bits per heavy atom. The number of nitrogens with zero attached hydrogens (tertiary/aromatic N) is 1. The highest BCUT2D eigenvalue weighted by atomic mass is 31.2. The molecule has 13 nitrogen and oxygen atoms in total. The van der Waals surface area contributed by atoms with Crippen LogP contribution in [0.5, 0.6) is 0 Å². The van der Waals surface area contributed by atoms with E-state index in [2.05, 4.69) is 9.51 Å². The van der Waals surface area contributed by atoms with Crippen LogP contribution in [0, 0.1) is 0 Å². The summed E-state index contributed by atoms with van der Waals surface area (Å²) >= 11 is 0. The molecule has 0 bridgehead atoms. The molecule has 0 amide bonds. The molecule has 0 saturated carbocycles. The van der Waals surface area contributed by atoms with Crippen LogP contribution in [0.4, 0.5) is 0 Å². The van der Waals surface area contributed by atoms with Crippen molar-refractivity contribution in [3.63, 3.8) is 0 Å². The third-order valence-corrected chi connectivity index (χ3v) is 5.34. The molecule has 0 spiro atoms. The Labute approximate surface area is 179 Å². The van der Waals surface area contributed by atoms with Gasteiger partial charge in [-0.25, -0.2) is 9.36 Å². The molecular formula is C18H21N2O11P. The number of phosphoric ester groups is 1. The second kappa shape index (κ2) is 9.46. The van der Waals surface area contributed by atoms with Crippen molar-refractivity contribution < 1.29 is 43.7 Å². The Morgan fingerprint density at radius 2 is 1.94 bits per heavy atom. The van der Waals surface area contributed by atoms with Crippen molar-refractivity contribution in [2.75, 3.05) is 6.61 Å². The molecule has 1 fully saturated rings. The number of aryl methyl sites for hydroxylation is 1. The highest BCUT2D eigenvalue weighted by Gasteiger charge is 2.45. The SMILES string of the molecule is O=C(O)CCc1cccc(-c2cn([C@@H]3O[C@H](COP(=O)(O)O)[C@@H](O)[C@H]3O)c(=O)[nH]c2=O)c1. The van der Waals surface area contributed by atoms with Gasteiger partial charge >= 0.3 is 19.5 Å². The normalized spacial score (nSPS) is 23.4. The van der Waals surface area contributed by atoms with E-state index < -0.39 is 56.2 Å². The lowest BCUT2D eigenvalue weighted by atomic mass is 10.0. The molecule has 32 heavy (non-hydrogen) atoms. The van der Waals surface area contributed by atoms with Gasteiger partial charge in [0.15, 0.2) is 6.23 Å². The molecule has 6 N–H and O–H groups in total. The molecule has 0 radical (unpaired) electrons. The van der Waals surface area contributed by atoms with E-state index in [1.165, 1.54) is 0 Å². The van der Waals surface area contributed by atoms with Crippen LogP contribution in [0.25, 0.3) is 11.1 Å². The molecular weight excluding hydrogens is 451 g/mol. The number of aliphatic carboxylic acids is 1. The molecule has 1 saturated heterocycles. The number of aliphatic hydroxyl groups is 2. The summed E-state index contributed by atoms with van der Waals surface area (Å²) in [5.41, 5.74) is -0.659. The van der Waals surface area contributed by atoms with E-state index in [9.17, 15) is 29.2 Å². The summed E-state index contributed by atoms with van der Waals surface area (Å²) < 4.78 is 21.4. The predicted octanol–water partition coefficient (Wildman–Crippen LogP) is -1.05. The van der Waals surface area contributed by atoms with Crippen LogP contribution >= 0.6 is 7.82 Å². The minimum absolute atomic E-state index is 0.0157. The number of aromatic amines is 1. The fourth-order valence-electron chi connectivity index (χ4n) is 3.29. The fourth-order valence-corrected chi connectivity index (χ4v) is 3.63. The minimum Gasteiger partial charge on any atom is -0.481 e. The molecule has 0 aliphatic carbocycles. The number of ether oxygens (including phenoxy) is 1. The zero-order valence-corrected chi connectivity index (χ0v) is 17.3. The van der Waals surface area contributed by atoms with E-state index in [1.54, 1.807) is 24.3 Å². The molecule has 2 aromatic rings. The van der Waals surface area contributed by atoms with Gasteiger partial charge in [-0.2, -0.15) is 0 Å². The van der Waals surface area contributed by atoms with Gasteiger partial charge in [-0.1, -0.05) is 24.3 Å². The zero-order valence-electron chi connectivity index (χ0n) is 16.4. The highest BCUT2D eigenvalue weighted by molar-refractivity contribution is 7.46. The van der Waals surface area contributed by atoms with Crippen LogP contribution < -0.4 is 11.2 Å². The van der Waals surface area contributed by atoms with Crippen LogP contribution in [-0.4, -0.2) is 65.5 Å². The van der Waals surface area contributed by atoms with E-state index in [1.807, 2.05) is 0 Å². The predicted molar refractivity (Wildman–Crippen MR) is 107 cm³/mol. The molecule has 2 heterocycles. The maximum Gasteiger partial charge on any atom is 0.469 e. The van der Waals surface area contributed by atoms with Gasteiger partial charge in [0.25, 0.3) is 5.56 Å². The van der Waals surface area contributed by atoms with Crippen molar-refractivity contribution in [1.82, 2.24) is 9.55 Å². The van der Waals surface area contributed by atoms with Gasteiger partial charge in [0.1, 0.15) is 18.3 Å². The largest absolute Gasteiger partial charge is 0.481 e. The zero-order chi connectivity index (χ0) is 23.6. The van der Waals surface area contributed by atoms with Crippen LogP contribution in [-0.2, 0) is 25.0 Å². The average molecular weight is 472 g/mol. The number of carboxylic acid groups (broad SMARTS) is 1. The van der Waals surface area contributed by atoms with E-state index in [0.717, 1.165) is 10.8 Å². The Balaban J connectivity index is 1.91. The summed E-state index contributed by atoms with van der Waals surface area (Å²) in [7, 11) is -4.86. The smallest absolute Gasteiger partial charge is 0.469 e. The highest BCUT2D eigenvalue weighted by Crippen LogP contribution is 2.38. The van der Waals surface area contributed by atoms with Gasteiger partial charge in [-0.05, 0) is 17.5 Å². The molecule has 0 unspecified atom stereocenters. The quantitative estimate of drug-likeness (QED) is 0.255. The number of aromatic nitrogens is 2. The second-order valence-corrected chi connectivity index (χ2v) is 8.38. The Bertz CT molecular complexity index is 1150. The number of hydrogen-bond acceptors (Lipinski definition) is 8. The van der Waals surface area contributed by atoms with E-state index in [4.69, 9.17) is 19.6 Å². The number of hydrogen-bond donors (Lipinski definition) is 6. The van der Waals surface area contributed by atoms with Crippen LogP contribution in [0.2, 0.25) is 0 Å². The first-order valence-corrected chi connectivity index (χ1v) is 10.9. The summed E-state index contributed by atoms with van der Waals surface area (Å²) in [6.45, 7) is -0.754. The van der Waals surface area contributed by atoms with E-state index >= 15 is 0 Å². The summed E-state index contributed by atoms with van der Waals surface area (Å²) in [4.78, 5) is 55.2. The summed E-state index contributed by atoms with van der Waals surface area (Å²) in [6, 6.07) is 6.45. The van der Waals surface area contributed by atoms with Gasteiger partial charge in [0.2, 0.25) is 0 Å². The van der Waals surface area contributed by atoms with Crippen LogP contribution in [0.15, 0.2) is 40.1 Å². The number of H-pyrrole nitrogens is 1. The third kappa shape index (κ3) is 5.58. The van der Waals surface area contributed by atoms with E-state index in [-0.39, 0.29) is 18.4 Å². The van der Waals surface area contributed by atoms with Gasteiger partial charge in [-0.3, -0.25) is 23.7 Å². The molecule has 1 aliphatic heterocycles. The number of carboxylic acids is 1. The van der Waals surface area contributed by atoms with Gasteiger partial charge in [0, 0.05) is 12.6 Å². The van der Waals surface area contributed by atoms with Crippen LogP contribution in [0.1, 0.15) is 18.2 Å². The van der Waals surface area contributed by atoms with Crippen molar-refractivity contribution in [2.24, 2.45) is 0 Å². The fraction of sp³-hybridized carbons (Fsp3) is 0.389. The van der Waals surface area contributed by atoms with Crippen molar-refractivity contribution in [2.45, 2.75) is 37.4 Å². The molecule has 1 aromatic heterocycles. The third-order valence-electron chi connectivity index (χ3n) is 4.85. The second-order valence-electron chi connectivity index (χ2n) is 7.14. The Kier molecular flexibility index (Phi) is 7.10. The molecule has 1 aliphatic rings. The number of aliphatic hydroxyl groups excluding tert-OH is 2. The van der Waals surface area contributed by atoms with Crippen molar-refractivity contribution >= 4 is 13.8 Å². The number of phosphoric acid groups is 1. The number of nitrogens with one attached hydrogen (secondary N) is 1. The first-order chi connectivity index (χ1) is 15.0. The van der Waals surface area contributed by atoms with Crippen molar-refractivity contribution in [3.8, 4) is 11.1 Å². The molecule has 3 rings (SSSR count). The average Bonchev–Trinajstić information content (AvgIpc) is 2.99. The summed E-state index contributed by atoms with van der Waals surface area (Å²) in [5.74, 6) is -0.981. The van der Waals surface area contributed by atoms with Crippen LogP contribution in [0.3, 0.4) is 0 Å². The monoisotopic (exact) mass is 472 g/mol. The minimum atomic E-state index is -4.86. The molecule has 1 aromatic carbocycles. The van der Waals surface area contributed by atoms with Crippen molar-refractivity contribution in [3.05, 3.63) is 56.9 Å². The lowest BCUT2D eigenvalue weighted by Gasteiger charge is -2.18. The molecule has 4 atom stereocenters. The number of carbonyl (C=O) groups is 1. The Hall–Kier alpha value is -2.64. The Morgan fingerprint density at radius 1 is 1.22 bits per heavy atom. The lowest BCUT2D eigenvalue weighted by Crippen LogP contribution is -2.38. The van der Waals surface area contributed by atoms with E-state index in [0.29, 0.717) is 11.1 Å². The number of benzene rings is 1. The standard InChI is InChI=1S/C18H21N2O11P/c21-13(22)5-4-9-2-1-3-10(6-9)11-7-20(18(26)19-16(11)25)17-15(24)14(23)12(31-17)8-30-32(27,28)29/h1-3,6-7,12,14-15,17,23-24H,4-5,8H2,(H,21,22)(H,19,25,26)(H2,27,28,29)/t12-,14-,15-,17-/m1/s1. The maximum absolute atomic E-state index is 12.4. The van der Waals surface area contributed by atoms with Crippen molar-refractivity contribution in [1.29, 1.82) is 0 Å². The molecule has 174 valence electrons. The topological polar surface area (TPSA) is 209 Å². The van der Waals surface area contributed by atoms with Gasteiger partial charge < -0.3 is 29.8 Å². The lowest BCUT2D eigenvalue weighted by molar-refractivity contribution is -0.136. The first-order valence-electron chi connectivity index (χ1n) is 9.34.